The summed E-state index contributed by atoms with van der Waals surface area (Å²) in [5.74, 6) is 0.762. The number of nitrogens with one attached hydrogen (secondary N) is 1. The number of methoxy groups -OCH3 is 2. The molecule has 0 unspecified atom stereocenters. The summed E-state index contributed by atoms with van der Waals surface area (Å²) in [6, 6.07) is 0.705. The Kier molecular flexibility index (Phi) is 6.85. The smallest absolute Gasteiger partial charge is 0.225 e. The molecule has 0 atom stereocenters. The highest BCUT2D eigenvalue weighted by Gasteiger charge is 2.20. The molecular weight excluding hydrogens is 268 g/mol. The summed E-state index contributed by atoms with van der Waals surface area (Å²) in [5.41, 5.74) is 1.13. The zero-order chi connectivity index (χ0) is 14.9. The fourth-order valence-corrected chi connectivity index (χ4v) is 2.07. The van der Waals surface area contributed by atoms with Gasteiger partial charge in [-0.1, -0.05) is 0 Å². The summed E-state index contributed by atoms with van der Waals surface area (Å²) in [6.45, 7) is 3.93. The molecule has 1 aromatic rings. The Morgan fingerprint density at radius 3 is 2.48 bits per heavy atom. The molecule has 0 amide bonds. The third-order valence-electron chi connectivity index (χ3n) is 3.49. The molecule has 2 rings (SSSR count). The van der Waals surface area contributed by atoms with Gasteiger partial charge in [-0.05, 0) is 19.3 Å². The van der Waals surface area contributed by atoms with E-state index in [1.54, 1.807) is 14.2 Å². The molecule has 1 saturated carbocycles. The first-order valence-corrected chi connectivity index (χ1v) is 7.60. The van der Waals surface area contributed by atoms with E-state index in [-0.39, 0.29) is 0 Å². The van der Waals surface area contributed by atoms with E-state index >= 15 is 0 Å². The van der Waals surface area contributed by atoms with Gasteiger partial charge < -0.3 is 19.7 Å². The molecule has 0 aromatic carbocycles. The van der Waals surface area contributed by atoms with Crippen molar-refractivity contribution in [1.82, 2.24) is 15.3 Å². The van der Waals surface area contributed by atoms with E-state index < -0.39 is 0 Å². The monoisotopic (exact) mass is 294 g/mol. The molecule has 1 heterocycles. The summed E-state index contributed by atoms with van der Waals surface area (Å²) >= 11 is 0. The number of anilines is 1. The number of rotatable bonds is 11. The molecule has 1 aliphatic rings. The van der Waals surface area contributed by atoms with Crippen molar-refractivity contribution in [2.75, 3.05) is 45.4 Å². The fraction of sp³-hybridized carbons (Fsp3) is 0.733. The van der Waals surface area contributed by atoms with Crippen LogP contribution < -0.4 is 10.2 Å². The predicted octanol–water partition coefficient (Wildman–Crippen LogP) is 1.22. The number of hydrogen-bond acceptors (Lipinski definition) is 6. The molecular formula is C15H26N4O2. The Morgan fingerprint density at radius 2 is 1.86 bits per heavy atom. The van der Waals surface area contributed by atoms with Crippen LogP contribution in [0.5, 0.6) is 0 Å². The molecule has 1 aromatic heterocycles. The van der Waals surface area contributed by atoms with Gasteiger partial charge in [0.2, 0.25) is 5.95 Å². The summed E-state index contributed by atoms with van der Waals surface area (Å²) in [4.78, 5) is 11.1. The Balaban J connectivity index is 1.86. The first-order valence-electron chi connectivity index (χ1n) is 7.60. The van der Waals surface area contributed by atoms with Crippen LogP contribution in [0.2, 0.25) is 0 Å². The average molecular weight is 294 g/mol. The maximum absolute atomic E-state index is 5.16. The molecule has 1 N–H and O–H groups in total. The maximum Gasteiger partial charge on any atom is 0.225 e. The number of ether oxygens (including phenoxy) is 2. The highest BCUT2D eigenvalue weighted by Crippen LogP contribution is 2.19. The molecule has 118 valence electrons. The van der Waals surface area contributed by atoms with Crippen LogP contribution in [0, 0.1) is 0 Å². The van der Waals surface area contributed by atoms with E-state index in [4.69, 9.17) is 9.47 Å². The average Bonchev–Trinajstić information content (AvgIpc) is 3.34. The molecule has 6 heteroatoms. The second kappa shape index (κ2) is 8.92. The van der Waals surface area contributed by atoms with E-state index in [0.29, 0.717) is 12.6 Å². The lowest BCUT2D eigenvalue weighted by Crippen LogP contribution is -2.30. The van der Waals surface area contributed by atoms with Crippen molar-refractivity contribution in [2.45, 2.75) is 31.8 Å². The lowest BCUT2D eigenvalue weighted by molar-refractivity contribution is 0.190. The third-order valence-corrected chi connectivity index (χ3v) is 3.49. The zero-order valence-electron chi connectivity index (χ0n) is 13.0. The van der Waals surface area contributed by atoms with Gasteiger partial charge in [-0.15, -0.1) is 0 Å². The Bertz CT molecular complexity index is 395. The van der Waals surface area contributed by atoms with Gasteiger partial charge in [0.15, 0.2) is 0 Å². The molecule has 1 fully saturated rings. The minimum absolute atomic E-state index is 0.668. The van der Waals surface area contributed by atoms with Crippen molar-refractivity contribution in [3.8, 4) is 0 Å². The fourth-order valence-electron chi connectivity index (χ4n) is 2.07. The van der Waals surface area contributed by atoms with Crippen LogP contribution in [-0.2, 0) is 16.0 Å². The van der Waals surface area contributed by atoms with Crippen molar-refractivity contribution in [2.24, 2.45) is 0 Å². The quantitative estimate of drug-likeness (QED) is 0.619. The lowest BCUT2D eigenvalue weighted by atomic mass is 10.3. The molecule has 0 radical (unpaired) electrons. The van der Waals surface area contributed by atoms with E-state index in [1.165, 1.54) is 12.8 Å². The van der Waals surface area contributed by atoms with Crippen LogP contribution in [0.4, 0.5) is 5.95 Å². The Labute approximate surface area is 126 Å². The van der Waals surface area contributed by atoms with Crippen LogP contribution in [0.15, 0.2) is 12.4 Å². The second-order valence-electron chi connectivity index (χ2n) is 5.37. The van der Waals surface area contributed by atoms with Crippen LogP contribution in [-0.4, -0.2) is 56.5 Å². The zero-order valence-corrected chi connectivity index (χ0v) is 13.0. The maximum atomic E-state index is 5.16. The van der Waals surface area contributed by atoms with Gasteiger partial charge in [-0.2, -0.15) is 0 Å². The molecule has 6 nitrogen and oxygen atoms in total. The summed E-state index contributed by atoms with van der Waals surface area (Å²) in [6.07, 6.45) is 7.36. The van der Waals surface area contributed by atoms with E-state index in [1.807, 2.05) is 12.4 Å². The van der Waals surface area contributed by atoms with E-state index in [9.17, 15) is 0 Å². The third kappa shape index (κ3) is 5.95. The summed E-state index contributed by atoms with van der Waals surface area (Å²) in [7, 11) is 3.43. The Hall–Kier alpha value is -1.24. The van der Waals surface area contributed by atoms with Gasteiger partial charge in [0.25, 0.3) is 0 Å². The van der Waals surface area contributed by atoms with E-state index in [0.717, 1.165) is 44.2 Å². The normalized spacial score (nSPS) is 14.4. The van der Waals surface area contributed by atoms with Crippen LogP contribution in [0.1, 0.15) is 24.8 Å². The highest BCUT2D eigenvalue weighted by atomic mass is 16.5. The number of aromatic nitrogens is 2. The first kappa shape index (κ1) is 16.1. The number of nitrogens with zero attached hydrogens (tertiary/aromatic N) is 3. The largest absolute Gasteiger partial charge is 0.385 e. The van der Waals surface area contributed by atoms with Gasteiger partial charge in [0.1, 0.15) is 0 Å². The van der Waals surface area contributed by atoms with Gasteiger partial charge in [-0.25, -0.2) is 9.97 Å². The van der Waals surface area contributed by atoms with Gasteiger partial charge in [-0.3, -0.25) is 0 Å². The minimum atomic E-state index is 0.668. The van der Waals surface area contributed by atoms with Crippen molar-refractivity contribution in [1.29, 1.82) is 0 Å². The molecule has 0 saturated heterocycles. The molecule has 0 spiro atoms. The molecule has 21 heavy (non-hydrogen) atoms. The summed E-state index contributed by atoms with van der Waals surface area (Å²) < 4.78 is 10.3. The van der Waals surface area contributed by atoms with Gasteiger partial charge >= 0.3 is 0 Å². The minimum Gasteiger partial charge on any atom is -0.385 e. The topological polar surface area (TPSA) is 59.5 Å². The van der Waals surface area contributed by atoms with Crippen LogP contribution in [0.3, 0.4) is 0 Å². The number of hydrogen-bond donors (Lipinski definition) is 1. The SMILES string of the molecule is COCCCN(CCOC)c1ncc(CNC2CC2)cn1. The van der Waals surface area contributed by atoms with Gasteiger partial charge in [0.05, 0.1) is 6.61 Å². The highest BCUT2D eigenvalue weighted by molar-refractivity contribution is 5.29. The van der Waals surface area contributed by atoms with Crippen molar-refractivity contribution in [3.05, 3.63) is 18.0 Å². The predicted molar refractivity (Wildman–Crippen MR) is 82.5 cm³/mol. The standard InChI is InChI=1S/C15H26N4O2/c1-20-8-3-6-19(7-9-21-2)15-17-11-13(12-18-15)10-16-14-4-5-14/h11-12,14,16H,3-10H2,1-2H3. The molecule has 1 aliphatic carbocycles. The van der Waals surface area contributed by atoms with Gasteiger partial charge in [0, 0.05) is 64.5 Å². The summed E-state index contributed by atoms with van der Waals surface area (Å²) in [5, 5.41) is 3.47. The van der Waals surface area contributed by atoms with Crippen LogP contribution >= 0.6 is 0 Å². The van der Waals surface area contributed by atoms with Crippen LogP contribution in [0.25, 0.3) is 0 Å². The first-order chi connectivity index (χ1) is 10.3. The lowest BCUT2D eigenvalue weighted by Gasteiger charge is -2.22. The van der Waals surface area contributed by atoms with Crippen molar-refractivity contribution in [3.63, 3.8) is 0 Å². The van der Waals surface area contributed by atoms with Crippen molar-refractivity contribution >= 4 is 5.95 Å². The molecule has 0 aliphatic heterocycles. The van der Waals surface area contributed by atoms with E-state index in [2.05, 4.69) is 20.2 Å². The van der Waals surface area contributed by atoms with Crippen molar-refractivity contribution < 1.29 is 9.47 Å². The Morgan fingerprint density at radius 1 is 1.14 bits per heavy atom. The second-order valence-corrected chi connectivity index (χ2v) is 5.37. The molecule has 0 bridgehead atoms.